The SMILES string of the molecule is Cc1ccc([C@H](C(=O)NC2CCCC2)N(Cc2cccs2)C(=O)CNC(=O)c2ccco2)cc1. The summed E-state index contributed by atoms with van der Waals surface area (Å²) in [5.41, 5.74) is 1.81. The molecule has 1 aliphatic carbocycles. The van der Waals surface area contributed by atoms with E-state index in [-0.39, 0.29) is 36.7 Å². The summed E-state index contributed by atoms with van der Waals surface area (Å²) in [7, 11) is 0. The molecule has 0 saturated heterocycles. The Bertz CT molecular complexity index is 1090. The number of aryl methyl sites for hydroxylation is 1. The lowest BCUT2D eigenvalue weighted by Crippen LogP contribution is -2.48. The first-order valence-corrected chi connectivity index (χ1v) is 12.4. The van der Waals surface area contributed by atoms with Crippen LogP contribution in [0, 0.1) is 6.92 Å². The number of thiophene rings is 1. The maximum atomic E-state index is 13.6. The van der Waals surface area contributed by atoms with E-state index in [2.05, 4.69) is 10.6 Å². The van der Waals surface area contributed by atoms with Crippen molar-refractivity contribution in [1.29, 1.82) is 0 Å². The van der Waals surface area contributed by atoms with Crippen LogP contribution in [0.4, 0.5) is 0 Å². The van der Waals surface area contributed by atoms with E-state index in [9.17, 15) is 14.4 Å². The lowest BCUT2D eigenvalue weighted by molar-refractivity contribution is -0.141. The summed E-state index contributed by atoms with van der Waals surface area (Å²) in [6.07, 6.45) is 5.49. The maximum Gasteiger partial charge on any atom is 0.287 e. The Balaban J connectivity index is 1.60. The highest BCUT2D eigenvalue weighted by molar-refractivity contribution is 7.09. The van der Waals surface area contributed by atoms with E-state index in [1.54, 1.807) is 11.0 Å². The molecule has 4 rings (SSSR count). The van der Waals surface area contributed by atoms with Crippen LogP contribution in [0.3, 0.4) is 0 Å². The van der Waals surface area contributed by atoms with Crippen LogP contribution >= 0.6 is 11.3 Å². The third-order valence-corrected chi connectivity index (χ3v) is 6.89. The number of hydrogen-bond acceptors (Lipinski definition) is 5. The second-order valence-electron chi connectivity index (χ2n) is 8.56. The summed E-state index contributed by atoms with van der Waals surface area (Å²) in [5.74, 6) is -0.887. The molecule has 2 aromatic heterocycles. The predicted octanol–water partition coefficient (Wildman–Crippen LogP) is 4.21. The summed E-state index contributed by atoms with van der Waals surface area (Å²) in [4.78, 5) is 41.9. The van der Waals surface area contributed by atoms with Crippen molar-refractivity contribution in [3.05, 3.63) is 81.9 Å². The molecule has 3 aromatic rings. The molecule has 7 nitrogen and oxygen atoms in total. The Labute approximate surface area is 203 Å². The molecule has 1 aromatic carbocycles. The summed E-state index contributed by atoms with van der Waals surface area (Å²) < 4.78 is 5.11. The minimum Gasteiger partial charge on any atom is -0.459 e. The number of furan rings is 1. The van der Waals surface area contributed by atoms with E-state index in [1.165, 1.54) is 23.7 Å². The fourth-order valence-corrected chi connectivity index (χ4v) is 4.92. The van der Waals surface area contributed by atoms with Gasteiger partial charge >= 0.3 is 0 Å². The zero-order valence-corrected chi connectivity index (χ0v) is 20.0. The van der Waals surface area contributed by atoms with Crippen LogP contribution in [0.5, 0.6) is 0 Å². The fourth-order valence-electron chi connectivity index (χ4n) is 4.22. The highest BCUT2D eigenvalue weighted by Gasteiger charge is 2.33. The third kappa shape index (κ3) is 5.94. The van der Waals surface area contributed by atoms with Gasteiger partial charge in [0.15, 0.2) is 5.76 Å². The van der Waals surface area contributed by atoms with Gasteiger partial charge in [0.2, 0.25) is 11.8 Å². The number of rotatable bonds is 9. The largest absolute Gasteiger partial charge is 0.459 e. The smallest absolute Gasteiger partial charge is 0.287 e. The summed E-state index contributed by atoms with van der Waals surface area (Å²) in [5, 5.41) is 7.72. The Morgan fingerprint density at radius 2 is 1.85 bits per heavy atom. The number of carbonyl (C=O) groups is 3. The van der Waals surface area contributed by atoms with Crippen LogP contribution in [0.2, 0.25) is 0 Å². The molecule has 0 bridgehead atoms. The normalized spacial score (nSPS) is 14.5. The molecule has 3 amide bonds. The van der Waals surface area contributed by atoms with Crippen LogP contribution in [0.1, 0.15) is 58.3 Å². The quantitative estimate of drug-likeness (QED) is 0.481. The van der Waals surface area contributed by atoms with Crippen LogP contribution in [0.15, 0.2) is 64.6 Å². The van der Waals surface area contributed by atoms with Gasteiger partial charge in [0.25, 0.3) is 5.91 Å². The standard InChI is InChI=1S/C26H29N3O4S/c1-18-10-12-19(13-11-18)24(26(32)28-20-6-2-3-7-20)29(17-21-8-5-15-34-21)23(30)16-27-25(31)22-9-4-14-33-22/h4-5,8-15,20,24H,2-3,6-7,16-17H2,1H3,(H,27,31)(H,28,32)/t24-/m1/s1. The molecular formula is C26H29N3O4S. The van der Waals surface area contributed by atoms with Gasteiger partial charge in [-0.25, -0.2) is 0 Å². The van der Waals surface area contributed by atoms with E-state index >= 15 is 0 Å². The van der Waals surface area contributed by atoms with E-state index in [0.29, 0.717) is 0 Å². The average molecular weight is 480 g/mol. The first-order chi connectivity index (χ1) is 16.5. The van der Waals surface area contributed by atoms with Crippen LogP contribution in [-0.2, 0) is 16.1 Å². The first-order valence-electron chi connectivity index (χ1n) is 11.5. The van der Waals surface area contributed by atoms with Crippen molar-refractivity contribution in [1.82, 2.24) is 15.5 Å². The highest BCUT2D eigenvalue weighted by Crippen LogP contribution is 2.27. The molecular weight excluding hydrogens is 450 g/mol. The van der Waals surface area contributed by atoms with Crippen molar-refractivity contribution in [3.8, 4) is 0 Å². The van der Waals surface area contributed by atoms with Gasteiger partial charge in [-0.3, -0.25) is 14.4 Å². The van der Waals surface area contributed by atoms with Crippen molar-refractivity contribution in [2.45, 2.75) is 51.2 Å². The van der Waals surface area contributed by atoms with E-state index in [1.807, 2.05) is 48.7 Å². The minimum absolute atomic E-state index is 0.123. The first kappa shape index (κ1) is 23.8. The number of carbonyl (C=O) groups excluding carboxylic acids is 3. The molecule has 1 atom stereocenters. The number of hydrogen-bond donors (Lipinski definition) is 2. The van der Waals surface area contributed by atoms with E-state index in [4.69, 9.17) is 4.42 Å². The van der Waals surface area contributed by atoms with Crippen molar-refractivity contribution < 1.29 is 18.8 Å². The van der Waals surface area contributed by atoms with Gasteiger partial charge in [-0.15, -0.1) is 11.3 Å². The Morgan fingerprint density at radius 3 is 2.50 bits per heavy atom. The summed E-state index contributed by atoms with van der Waals surface area (Å²) in [6, 6.07) is 14.0. The molecule has 0 spiro atoms. The summed E-state index contributed by atoms with van der Waals surface area (Å²) >= 11 is 1.52. The number of nitrogens with zero attached hydrogens (tertiary/aromatic N) is 1. The van der Waals surface area contributed by atoms with Crippen LogP contribution < -0.4 is 10.6 Å². The number of benzene rings is 1. The van der Waals surface area contributed by atoms with E-state index in [0.717, 1.165) is 41.7 Å². The minimum atomic E-state index is -0.809. The monoisotopic (exact) mass is 479 g/mol. The maximum absolute atomic E-state index is 13.6. The van der Waals surface area contributed by atoms with Crippen LogP contribution in [-0.4, -0.2) is 35.2 Å². The fraction of sp³-hybridized carbons (Fsp3) is 0.346. The van der Waals surface area contributed by atoms with Crippen molar-refractivity contribution in [2.24, 2.45) is 0 Å². The third-order valence-electron chi connectivity index (χ3n) is 6.03. The second kappa shape index (κ2) is 11.2. The molecule has 0 aliphatic heterocycles. The number of amides is 3. The lowest BCUT2D eigenvalue weighted by Gasteiger charge is -2.32. The van der Waals surface area contributed by atoms with Crippen molar-refractivity contribution in [3.63, 3.8) is 0 Å². The average Bonchev–Trinajstić information content (AvgIpc) is 3.62. The second-order valence-corrected chi connectivity index (χ2v) is 9.60. The van der Waals surface area contributed by atoms with Crippen molar-refractivity contribution >= 4 is 29.1 Å². The van der Waals surface area contributed by atoms with E-state index < -0.39 is 11.9 Å². The summed E-state index contributed by atoms with van der Waals surface area (Å²) in [6.45, 7) is 2.00. The molecule has 2 heterocycles. The predicted molar refractivity (Wildman–Crippen MR) is 130 cm³/mol. The van der Waals surface area contributed by atoms with Gasteiger partial charge in [0.1, 0.15) is 6.04 Å². The zero-order valence-electron chi connectivity index (χ0n) is 19.2. The van der Waals surface area contributed by atoms with Gasteiger partial charge in [-0.05, 0) is 48.9 Å². The van der Waals surface area contributed by atoms with Crippen LogP contribution in [0.25, 0.3) is 0 Å². The molecule has 178 valence electrons. The van der Waals surface area contributed by atoms with Crippen molar-refractivity contribution in [2.75, 3.05) is 6.54 Å². The molecule has 8 heteroatoms. The van der Waals surface area contributed by atoms with Gasteiger partial charge < -0.3 is 20.0 Å². The molecule has 0 unspecified atom stereocenters. The van der Waals surface area contributed by atoms with Gasteiger partial charge in [-0.1, -0.05) is 48.7 Å². The molecule has 34 heavy (non-hydrogen) atoms. The molecule has 1 aliphatic rings. The Morgan fingerprint density at radius 1 is 1.09 bits per heavy atom. The zero-order chi connectivity index (χ0) is 23.9. The van der Waals surface area contributed by atoms with Gasteiger partial charge in [0.05, 0.1) is 19.4 Å². The Kier molecular flexibility index (Phi) is 7.80. The number of nitrogens with one attached hydrogen (secondary N) is 2. The Hall–Kier alpha value is -3.39. The molecule has 1 saturated carbocycles. The van der Waals surface area contributed by atoms with Gasteiger partial charge in [-0.2, -0.15) is 0 Å². The lowest BCUT2D eigenvalue weighted by atomic mass is 10.0. The highest BCUT2D eigenvalue weighted by atomic mass is 32.1. The van der Waals surface area contributed by atoms with Gasteiger partial charge in [0, 0.05) is 10.9 Å². The molecule has 0 radical (unpaired) electrons. The topological polar surface area (TPSA) is 91.7 Å². The molecule has 2 N–H and O–H groups in total. The molecule has 1 fully saturated rings.